The van der Waals surface area contributed by atoms with Crippen molar-refractivity contribution < 1.29 is 4.79 Å². The van der Waals surface area contributed by atoms with Crippen LogP contribution in [-0.4, -0.2) is 49.7 Å². The molecule has 1 amide bonds. The molecule has 7 heteroatoms. The molecule has 1 heterocycles. The Labute approximate surface area is 169 Å². The van der Waals surface area contributed by atoms with E-state index in [0.717, 1.165) is 32.7 Å². The topological polar surface area (TPSA) is 47.9 Å². The Hall–Kier alpha value is -2.08. The fourth-order valence-corrected chi connectivity index (χ4v) is 3.42. The Morgan fingerprint density at radius 3 is 2.52 bits per heavy atom. The van der Waals surface area contributed by atoms with E-state index in [1.54, 1.807) is 18.2 Å². The SMILES string of the molecule is O=C(CCN1CCN(c2ccccc2)CC1)N/N=C\c1ccc(Cl)cc1Cl. The van der Waals surface area contributed by atoms with Crippen LogP contribution in [0.3, 0.4) is 0 Å². The quantitative estimate of drug-likeness (QED) is 0.590. The van der Waals surface area contributed by atoms with Crippen LogP contribution < -0.4 is 10.3 Å². The molecule has 1 N–H and O–H groups in total. The van der Waals surface area contributed by atoms with Gasteiger partial charge >= 0.3 is 0 Å². The van der Waals surface area contributed by atoms with E-state index in [1.165, 1.54) is 11.9 Å². The molecule has 27 heavy (non-hydrogen) atoms. The lowest BCUT2D eigenvalue weighted by atomic mass is 10.2. The summed E-state index contributed by atoms with van der Waals surface area (Å²) in [7, 11) is 0. The minimum Gasteiger partial charge on any atom is -0.369 e. The van der Waals surface area contributed by atoms with Crippen LogP contribution in [0.1, 0.15) is 12.0 Å². The van der Waals surface area contributed by atoms with Crippen molar-refractivity contribution in [3.63, 3.8) is 0 Å². The van der Waals surface area contributed by atoms with Gasteiger partial charge in [0.05, 0.1) is 11.2 Å². The van der Waals surface area contributed by atoms with Gasteiger partial charge in [0.1, 0.15) is 0 Å². The fourth-order valence-electron chi connectivity index (χ4n) is 2.96. The zero-order valence-corrected chi connectivity index (χ0v) is 16.5. The maximum Gasteiger partial charge on any atom is 0.241 e. The minimum atomic E-state index is -0.109. The summed E-state index contributed by atoms with van der Waals surface area (Å²) in [4.78, 5) is 16.7. The van der Waals surface area contributed by atoms with Crippen molar-refractivity contribution in [3.8, 4) is 0 Å². The number of hydrazone groups is 1. The van der Waals surface area contributed by atoms with Crippen molar-refractivity contribution in [2.24, 2.45) is 5.10 Å². The van der Waals surface area contributed by atoms with Gasteiger partial charge in [-0.1, -0.05) is 47.5 Å². The van der Waals surface area contributed by atoms with E-state index in [0.29, 0.717) is 22.0 Å². The molecule has 142 valence electrons. The van der Waals surface area contributed by atoms with Crippen molar-refractivity contribution in [3.05, 3.63) is 64.1 Å². The largest absolute Gasteiger partial charge is 0.369 e. The summed E-state index contributed by atoms with van der Waals surface area (Å²) in [6.07, 6.45) is 1.94. The van der Waals surface area contributed by atoms with E-state index >= 15 is 0 Å². The highest BCUT2D eigenvalue weighted by molar-refractivity contribution is 6.36. The average Bonchev–Trinajstić information content (AvgIpc) is 2.69. The Balaban J connectivity index is 1.38. The Kier molecular flexibility index (Phi) is 7.10. The van der Waals surface area contributed by atoms with Gasteiger partial charge in [-0.15, -0.1) is 0 Å². The zero-order valence-electron chi connectivity index (χ0n) is 14.9. The number of benzene rings is 2. The smallest absolute Gasteiger partial charge is 0.241 e. The Morgan fingerprint density at radius 2 is 1.81 bits per heavy atom. The van der Waals surface area contributed by atoms with Gasteiger partial charge < -0.3 is 4.90 Å². The summed E-state index contributed by atoms with van der Waals surface area (Å²) < 4.78 is 0. The number of carbonyl (C=O) groups excluding carboxylic acids is 1. The van der Waals surface area contributed by atoms with Gasteiger partial charge in [-0.2, -0.15) is 5.10 Å². The maximum atomic E-state index is 12.0. The van der Waals surface area contributed by atoms with Gasteiger partial charge in [0, 0.05) is 55.4 Å². The molecule has 1 aliphatic rings. The third kappa shape index (κ3) is 5.96. The molecule has 0 atom stereocenters. The molecule has 0 aliphatic carbocycles. The number of hydrogen-bond acceptors (Lipinski definition) is 4. The van der Waals surface area contributed by atoms with Crippen molar-refractivity contribution in [2.75, 3.05) is 37.6 Å². The second-order valence-corrected chi connectivity index (χ2v) is 7.22. The van der Waals surface area contributed by atoms with E-state index < -0.39 is 0 Å². The van der Waals surface area contributed by atoms with Crippen LogP contribution in [-0.2, 0) is 4.79 Å². The van der Waals surface area contributed by atoms with Crippen molar-refractivity contribution >= 4 is 41.0 Å². The molecule has 1 saturated heterocycles. The molecule has 2 aromatic carbocycles. The van der Waals surface area contributed by atoms with Crippen LogP contribution in [0.4, 0.5) is 5.69 Å². The molecule has 0 bridgehead atoms. The van der Waals surface area contributed by atoms with E-state index in [2.05, 4.69) is 44.6 Å². The number of halogens is 2. The lowest BCUT2D eigenvalue weighted by Gasteiger charge is -2.36. The summed E-state index contributed by atoms with van der Waals surface area (Å²) in [5.74, 6) is -0.109. The van der Waals surface area contributed by atoms with Crippen LogP contribution in [0.5, 0.6) is 0 Å². The second-order valence-electron chi connectivity index (χ2n) is 6.37. The highest BCUT2D eigenvalue weighted by atomic mass is 35.5. The van der Waals surface area contributed by atoms with Gasteiger partial charge in [-0.3, -0.25) is 9.69 Å². The van der Waals surface area contributed by atoms with Crippen molar-refractivity contribution in [1.29, 1.82) is 0 Å². The normalized spacial score (nSPS) is 15.3. The number of amides is 1. The van der Waals surface area contributed by atoms with Crippen LogP contribution >= 0.6 is 23.2 Å². The number of carbonyl (C=O) groups is 1. The molecule has 5 nitrogen and oxygen atoms in total. The molecule has 0 spiro atoms. The Morgan fingerprint density at radius 1 is 1.07 bits per heavy atom. The minimum absolute atomic E-state index is 0.109. The first-order valence-corrected chi connectivity index (χ1v) is 9.67. The van der Waals surface area contributed by atoms with E-state index in [4.69, 9.17) is 23.2 Å². The third-order valence-corrected chi connectivity index (χ3v) is 5.07. The molecule has 3 rings (SSSR count). The first-order valence-electron chi connectivity index (χ1n) is 8.91. The monoisotopic (exact) mass is 404 g/mol. The summed E-state index contributed by atoms with van der Waals surface area (Å²) >= 11 is 11.9. The molecular weight excluding hydrogens is 383 g/mol. The molecule has 1 aliphatic heterocycles. The number of anilines is 1. The van der Waals surface area contributed by atoms with Gasteiger partial charge in [0.25, 0.3) is 0 Å². The summed E-state index contributed by atoms with van der Waals surface area (Å²) in [5.41, 5.74) is 4.51. The fraction of sp³-hybridized carbons (Fsp3) is 0.300. The highest BCUT2D eigenvalue weighted by Crippen LogP contribution is 2.19. The average molecular weight is 405 g/mol. The molecule has 0 radical (unpaired) electrons. The van der Waals surface area contributed by atoms with Crippen LogP contribution in [0.15, 0.2) is 53.6 Å². The highest BCUT2D eigenvalue weighted by Gasteiger charge is 2.17. The standard InChI is InChI=1S/C20H22Cl2N4O/c21-17-7-6-16(19(22)14-17)15-23-24-20(27)8-9-25-10-12-26(13-11-25)18-4-2-1-3-5-18/h1-7,14-15H,8-13H2,(H,24,27)/b23-15-. The molecule has 0 aromatic heterocycles. The van der Waals surface area contributed by atoms with Crippen LogP contribution in [0.2, 0.25) is 10.0 Å². The van der Waals surface area contributed by atoms with E-state index in [-0.39, 0.29) is 5.91 Å². The molecule has 0 saturated carbocycles. The zero-order chi connectivity index (χ0) is 19.1. The van der Waals surface area contributed by atoms with Gasteiger partial charge in [0.15, 0.2) is 0 Å². The number of nitrogens with zero attached hydrogens (tertiary/aromatic N) is 3. The predicted molar refractivity (Wildman–Crippen MR) is 112 cm³/mol. The number of para-hydroxylation sites is 1. The van der Waals surface area contributed by atoms with Crippen LogP contribution in [0.25, 0.3) is 0 Å². The summed E-state index contributed by atoms with van der Waals surface area (Å²) in [6.45, 7) is 4.57. The van der Waals surface area contributed by atoms with Crippen molar-refractivity contribution in [1.82, 2.24) is 10.3 Å². The third-order valence-electron chi connectivity index (χ3n) is 4.50. The number of rotatable bonds is 6. The molecular formula is C20H22Cl2N4O. The van der Waals surface area contributed by atoms with Gasteiger partial charge in [-0.25, -0.2) is 5.43 Å². The van der Waals surface area contributed by atoms with E-state index in [9.17, 15) is 4.79 Å². The maximum absolute atomic E-state index is 12.0. The first-order chi connectivity index (χ1) is 13.1. The lowest BCUT2D eigenvalue weighted by molar-refractivity contribution is -0.121. The summed E-state index contributed by atoms with van der Waals surface area (Å²) in [5, 5.41) is 5.03. The van der Waals surface area contributed by atoms with Crippen LogP contribution in [0, 0.1) is 0 Å². The number of hydrogen-bond donors (Lipinski definition) is 1. The Bertz CT molecular complexity index is 790. The summed E-state index contributed by atoms with van der Waals surface area (Å²) in [6, 6.07) is 15.5. The van der Waals surface area contributed by atoms with Gasteiger partial charge in [0.2, 0.25) is 5.91 Å². The molecule has 1 fully saturated rings. The van der Waals surface area contributed by atoms with E-state index in [1.807, 2.05) is 6.07 Å². The first kappa shape index (κ1) is 19.7. The van der Waals surface area contributed by atoms with Crippen molar-refractivity contribution in [2.45, 2.75) is 6.42 Å². The molecule has 0 unspecified atom stereocenters. The number of nitrogens with one attached hydrogen (secondary N) is 1. The number of piperazine rings is 1. The lowest BCUT2D eigenvalue weighted by Crippen LogP contribution is -2.47. The van der Waals surface area contributed by atoms with Gasteiger partial charge in [-0.05, 0) is 24.3 Å². The second kappa shape index (κ2) is 9.74. The molecule has 2 aromatic rings. The predicted octanol–water partition coefficient (Wildman–Crippen LogP) is 3.66.